The van der Waals surface area contributed by atoms with Crippen molar-refractivity contribution in [3.63, 3.8) is 0 Å². The molecule has 1 aliphatic rings. The summed E-state index contributed by atoms with van der Waals surface area (Å²) in [4.78, 5) is 26.9. The fraction of sp³-hybridized carbons (Fsp3) is 0.611. The van der Waals surface area contributed by atoms with E-state index in [1.165, 1.54) is 0 Å². The Morgan fingerprint density at radius 1 is 1.20 bits per heavy atom. The van der Waals surface area contributed by atoms with E-state index in [1.807, 2.05) is 51.7 Å². The van der Waals surface area contributed by atoms with Crippen molar-refractivity contribution in [2.45, 2.75) is 46.1 Å². The molecule has 1 aromatic rings. The van der Waals surface area contributed by atoms with Gasteiger partial charge in [0.2, 0.25) is 0 Å². The van der Waals surface area contributed by atoms with Crippen LogP contribution in [0.5, 0.6) is 0 Å². The summed E-state index contributed by atoms with van der Waals surface area (Å²) >= 11 is 0. The molecule has 1 heterocycles. The van der Waals surface area contributed by atoms with Gasteiger partial charge in [-0.15, -0.1) is 0 Å². The lowest BCUT2D eigenvalue weighted by Crippen LogP contribution is -2.50. The van der Waals surface area contributed by atoms with Gasteiger partial charge in [-0.1, -0.05) is 19.9 Å². The molecule has 7 heteroatoms. The second kappa shape index (κ2) is 7.29. The summed E-state index contributed by atoms with van der Waals surface area (Å²) < 4.78 is 5.38. The summed E-state index contributed by atoms with van der Waals surface area (Å²) in [6, 6.07) is 5.41. The number of carbonyl (C=O) groups excluding carboxylic acids is 1. The van der Waals surface area contributed by atoms with Crippen LogP contribution in [-0.2, 0) is 4.74 Å². The molecule has 0 atom stereocenters. The third-order valence-electron chi connectivity index (χ3n) is 4.13. The topological polar surface area (TPSA) is 75.9 Å². The molecule has 1 aromatic carbocycles. The van der Waals surface area contributed by atoms with Crippen molar-refractivity contribution in [2.75, 3.05) is 31.1 Å². The Balaban J connectivity index is 2.10. The normalized spacial score (nSPS) is 15.4. The Kier molecular flexibility index (Phi) is 5.55. The summed E-state index contributed by atoms with van der Waals surface area (Å²) in [5, 5.41) is 11.5. The first-order chi connectivity index (χ1) is 11.6. The molecule has 0 N–H and O–H groups in total. The van der Waals surface area contributed by atoms with Crippen molar-refractivity contribution in [3.8, 4) is 0 Å². The molecule has 7 nitrogen and oxygen atoms in total. The molecule has 1 aliphatic heterocycles. The Hall–Kier alpha value is -2.31. The van der Waals surface area contributed by atoms with Gasteiger partial charge in [-0.2, -0.15) is 0 Å². The van der Waals surface area contributed by atoms with E-state index in [0.29, 0.717) is 31.9 Å². The summed E-state index contributed by atoms with van der Waals surface area (Å²) in [7, 11) is 0. The van der Waals surface area contributed by atoms with E-state index >= 15 is 0 Å². The number of amides is 1. The van der Waals surface area contributed by atoms with E-state index in [0.717, 1.165) is 5.56 Å². The van der Waals surface area contributed by atoms with Crippen LogP contribution in [0.3, 0.4) is 0 Å². The molecule has 1 saturated heterocycles. The standard InChI is InChI=1S/C18H27N3O4/c1-13(2)14-6-7-15(16(12-14)21(23)24)19-8-10-20(11-9-19)17(22)25-18(3,4)5/h6-7,12-13H,8-11H2,1-5H3. The molecule has 138 valence electrons. The molecular formula is C18H27N3O4. The van der Waals surface area contributed by atoms with Crippen molar-refractivity contribution >= 4 is 17.5 Å². The monoisotopic (exact) mass is 349 g/mol. The van der Waals surface area contributed by atoms with Crippen molar-refractivity contribution in [1.82, 2.24) is 4.90 Å². The van der Waals surface area contributed by atoms with Crippen LogP contribution < -0.4 is 4.90 Å². The zero-order valence-corrected chi connectivity index (χ0v) is 15.6. The molecule has 0 unspecified atom stereocenters. The number of piperazine rings is 1. The van der Waals surface area contributed by atoms with Gasteiger partial charge in [-0.05, 0) is 38.3 Å². The lowest BCUT2D eigenvalue weighted by molar-refractivity contribution is -0.384. The number of anilines is 1. The van der Waals surface area contributed by atoms with Crippen molar-refractivity contribution < 1.29 is 14.5 Å². The smallest absolute Gasteiger partial charge is 0.410 e. The molecule has 0 aromatic heterocycles. The van der Waals surface area contributed by atoms with E-state index in [-0.39, 0.29) is 22.6 Å². The molecule has 1 amide bonds. The minimum Gasteiger partial charge on any atom is -0.444 e. The Morgan fingerprint density at radius 3 is 2.28 bits per heavy atom. The van der Waals surface area contributed by atoms with Gasteiger partial charge < -0.3 is 14.5 Å². The van der Waals surface area contributed by atoms with E-state index in [2.05, 4.69) is 0 Å². The third-order valence-corrected chi connectivity index (χ3v) is 4.13. The minimum absolute atomic E-state index is 0.122. The predicted molar refractivity (Wildman–Crippen MR) is 97.2 cm³/mol. The summed E-state index contributed by atoms with van der Waals surface area (Å²) in [5.41, 5.74) is 1.15. The van der Waals surface area contributed by atoms with Gasteiger partial charge in [-0.25, -0.2) is 4.79 Å². The van der Waals surface area contributed by atoms with Gasteiger partial charge in [-0.3, -0.25) is 10.1 Å². The summed E-state index contributed by atoms with van der Waals surface area (Å²) in [6.45, 7) is 11.6. The van der Waals surface area contributed by atoms with Crippen LogP contribution >= 0.6 is 0 Å². The number of nitrogens with zero attached hydrogens (tertiary/aromatic N) is 3. The van der Waals surface area contributed by atoms with E-state index in [9.17, 15) is 14.9 Å². The maximum Gasteiger partial charge on any atom is 0.410 e. The van der Waals surface area contributed by atoms with Crippen LogP contribution in [0.2, 0.25) is 0 Å². The van der Waals surface area contributed by atoms with Gasteiger partial charge in [0.25, 0.3) is 5.69 Å². The van der Waals surface area contributed by atoms with Crippen molar-refractivity contribution in [1.29, 1.82) is 0 Å². The molecule has 0 radical (unpaired) electrons. The van der Waals surface area contributed by atoms with Crippen LogP contribution in [0.1, 0.15) is 46.1 Å². The summed E-state index contributed by atoms with van der Waals surface area (Å²) in [6.07, 6.45) is -0.336. The molecule has 0 bridgehead atoms. The maximum absolute atomic E-state index is 12.1. The average Bonchev–Trinajstić information content (AvgIpc) is 2.52. The predicted octanol–water partition coefficient (Wildman–Crippen LogP) is 3.78. The van der Waals surface area contributed by atoms with Gasteiger partial charge in [0.15, 0.2) is 0 Å². The lowest BCUT2D eigenvalue weighted by atomic mass is 10.0. The quantitative estimate of drug-likeness (QED) is 0.613. The molecular weight excluding hydrogens is 322 g/mol. The highest BCUT2D eigenvalue weighted by Gasteiger charge is 2.28. The second-order valence-corrected chi connectivity index (χ2v) is 7.61. The maximum atomic E-state index is 12.1. The average molecular weight is 349 g/mol. The molecule has 0 spiro atoms. The summed E-state index contributed by atoms with van der Waals surface area (Å²) in [5.74, 6) is 0.233. The molecule has 1 fully saturated rings. The van der Waals surface area contributed by atoms with Gasteiger partial charge in [0.1, 0.15) is 11.3 Å². The first-order valence-corrected chi connectivity index (χ1v) is 8.59. The number of benzene rings is 1. The SMILES string of the molecule is CC(C)c1ccc(N2CCN(C(=O)OC(C)(C)C)CC2)c([N+](=O)[O-])c1. The van der Waals surface area contributed by atoms with Gasteiger partial charge in [0.05, 0.1) is 4.92 Å². The van der Waals surface area contributed by atoms with Gasteiger partial charge in [0, 0.05) is 32.2 Å². The zero-order valence-electron chi connectivity index (χ0n) is 15.6. The van der Waals surface area contributed by atoms with E-state index < -0.39 is 5.60 Å². The Morgan fingerprint density at radius 2 is 1.80 bits per heavy atom. The number of nitro benzene ring substituents is 1. The largest absolute Gasteiger partial charge is 0.444 e. The second-order valence-electron chi connectivity index (χ2n) is 7.61. The molecule has 0 saturated carbocycles. The van der Waals surface area contributed by atoms with Crippen LogP contribution in [0, 0.1) is 10.1 Å². The Labute approximate surface area is 148 Å². The highest BCUT2D eigenvalue weighted by atomic mass is 16.6. The first kappa shape index (κ1) is 19.0. The number of ether oxygens (including phenoxy) is 1. The highest BCUT2D eigenvalue weighted by molar-refractivity contribution is 5.69. The lowest BCUT2D eigenvalue weighted by Gasteiger charge is -2.36. The fourth-order valence-electron chi connectivity index (χ4n) is 2.77. The van der Waals surface area contributed by atoms with Gasteiger partial charge >= 0.3 is 6.09 Å². The molecule has 25 heavy (non-hydrogen) atoms. The van der Waals surface area contributed by atoms with Crippen LogP contribution in [0.25, 0.3) is 0 Å². The van der Waals surface area contributed by atoms with E-state index in [4.69, 9.17) is 4.74 Å². The first-order valence-electron chi connectivity index (χ1n) is 8.59. The van der Waals surface area contributed by atoms with Crippen LogP contribution in [-0.4, -0.2) is 47.7 Å². The number of carbonyl (C=O) groups is 1. The number of rotatable bonds is 3. The number of hydrogen-bond donors (Lipinski definition) is 0. The Bertz CT molecular complexity index is 644. The number of hydrogen-bond acceptors (Lipinski definition) is 5. The van der Waals surface area contributed by atoms with Crippen molar-refractivity contribution in [2.24, 2.45) is 0 Å². The fourth-order valence-corrected chi connectivity index (χ4v) is 2.77. The van der Waals surface area contributed by atoms with E-state index in [1.54, 1.807) is 11.0 Å². The third kappa shape index (κ3) is 4.84. The number of nitro groups is 1. The van der Waals surface area contributed by atoms with Crippen LogP contribution in [0.15, 0.2) is 18.2 Å². The van der Waals surface area contributed by atoms with Crippen molar-refractivity contribution in [3.05, 3.63) is 33.9 Å². The van der Waals surface area contributed by atoms with Crippen LogP contribution in [0.4, 0.5) is 16.2 Å². The molecule has 0 aliphatic carbocycles. The zero-order chi connectivity index (χ0) is 18.8. The molecule has 2 rings (SSSR count). The highest BCUT2D eigenvalue weighted by Crippen LogP contribution is 2.32. The minimum atomic E-state index is -0.528.